The molecule has 0 bridgehead atoms. The lowest BCUT2D eigenvalue weighted by Gasteiger charge is -2.17. The Morgan fingerprint density at radius 1 is 1.26 bits per heavy atom. The van der Waals surface area contributed by atoms with Crippen molar-refractivity contribution in [2.45, 2.75) is 13.0 Å². The number of ether oxygens (including phenoxy) is 1. The number of fused-ring (bicyclic) bond motifs is 1. The minimum Gasteiger partial charge on any atom is -0.481 e. The minimum absolute atomic E-state index is 0.0881. The normalized spacial score (nSPS) is 13.5. The van der Waals surface area contributed by atoms with Crippen LogP contribution >= 0.6 is 0 Å². The third kappa shape index (κ3) is 2.05. The van der Waals surface area contributed by atoms with Gasteiger partial charge in [0.15, 0.2) is 0 Å². The summed E-state index contributed by atoms with van der Waals surface area (Å²) >= 11 is 0. The van der Waals surface area contributed by atoms with Crippen molar-refractivity contribution >= 4 is 11.6 Å². The fourth-order valence-corrected chi connectivity index (χ4v) is 2.38. The Hall–Kier alpha value is -2.36. The van der Waals surface area contributed by atoms with E-state index in [2.05, 4.69) is 4.98 Å². The van der Waals surface area contributed by atoms with Crippen LogP contribution in [0.3, 0.4) is 0 Å². The summed E-state index contributed by atoms with van der Waals surface area (Å²) in [5, 5.41) is 0. The molecule has 1 aromatic carbocycles. The number of benzene rings is 1. The van der Waals surface area contributed by atoms with Gasteiger partial charge in [0.2, 0.25) is 11.8 Å². The van der Waals surface area contributed by atoms with E-state index in [-0.39, 0.29) is 5.91 Å². The predicted octanol–water partition coefficient (Wildman–Crippen LogP) is 2.18. The fourth-order valence-electron chi connectivity index (χ4n) is 2.38. The number of hydrogen-bond donors (Lipinski definition) is 0. The number of nitrogens with zero attached hydrogens (tertiary/aromatic N) is 2. The molecular formula is C15H14N2O2. The van der Waals surface area contributed by atoms with Crippen molar-refractivity contribution in [3.05, 3.63) is 53.7 Å². The quantitative estimate of drug-likeness (QED) is 0.843. The number of rotatable bonds is 3. The van der Waals surface area contributed by atoms with E-state index >= 15 is 0 Å². The zero-order valence-electron chi connectivity index (χ0n) is 10.7. The average Bonchev–Trinajstić information content (AvgIpc) is 2.76. The van der Waals surface area contributed by atoms with Gasteiger partial charge in [-0.3, -0.25) is 4.79 Å². The number of carbonyl (C=O) groups excluding carboxylic acids is 1. The van der Waals surface area contributed by atoms with Crippen LogP contribution in [0.5, 0.6) is 5.88 Å². The Labute approximate surface area is 111 Å². The van der Waals surface area contributed by atoms with Gasteiger partial charge in [0, 0.05) is 11.8 Å². The number of amides is 1. The molecule has 0 spiro atoms. The summed E-state index contributed by atoms with van der Waals surface area (Å²) in [5.41, 5.74) is 2.89. The molecule has 19 heavy (non-hydrogen) atoms. The Morgan fingerprint density at radius 3 is 2.79 bits per heavy atom. The smallest absolute Gasteiger partial charge is 0.232 e. The van der Waals surface area contributed by atoms with Crippen LogP contribution < -0.4 is 9.64 Å². The summed E-state index contributed by atoms with van der Waals surface area (Å²) in [4.78, 5) is 18.1. The van der Waals surface area contributed by atoms with Gasteiger partial charge in [-0.2, -0.15) is 0 Å². The molecule has 3 rings (SSSR count). The fraction of sp³-hybridized carbons (Fsp3) is 0.200. The van der Waals surface area contributed by atoms with Crippen molar-refractivity contribution in [3.63, 3.8) is 0 Å². The van der Waals surface area contributed by atoms with Crippen LogP contribution in [-0.2, 0) is 17.8 Å². The highest BCUT2D eigenvalue weighted by atomic mass is 16.5. The SMILES string of the molecule is COc1nccc2c1CC(=O)N2Cc1ccccc1. The largest absolute Gasteiger partial charge is 0.481 e. The average molecular weight is 254 g/mol. The van der Waals surface area contributed by atoms with E-state index in [0.29, 0.717) is 18.8 Å². The standard InChI is InChI=1S/C15H14N2O2/c1-19-15-12-9-14(18)17(13(12)7-8-16-15)10-11-5-3-2-4-6-11/h2-8H,9-10H2,1H3. The number of carbonyl (C=O) groups is 1. The number of pyridine rings is 1. The molecule has 0 unspecified atom stereocenters. The molecule has 0 aliphatic carbocycles. The van der Waals surface area contributed by atoms with Crippen molar-refractivity contribution in [2.75, 3.05) is 12.0 Å². The van der Waals surface area contributed by atoms with Crippen LogP contribution in [0, 0.1) is 0 Å². The van der Waals surface area contributed by atoms with Crippen molar-refractivity contribution in [3.8, 4) is 5.88 Å². The molecule has 0 atom stereocenters. The van der Waals surface area contributed by atoms with E-state index in [9.17, 15) is 4.79 Å². The zero-order chi connectivity index (χ0) is 13.2. The van der Waals surface area contributed by atoms with E-state index in [1.165, 1.54) is 0 Å². The molecule has 2 aromatic rings. The van der Waals surface area contributed by atoms with Crippen molar-refractivity contribution < 1.29 is 9.53 Å². The Kier molecular flexibility index (Phi) is 2.91. The molecular weight excluding hydrogens is 240 g/mol. The number of hydrogen-bond acceptors (Lipinski definition) is 3. The van der Waals surface area contributed by atoms with Crippen LogP contribution in [0.25, 0.3) is 0 Å². The molecule has 4 nitrogen and oxygen atoms in total. The lowest BCUT2D eigenvalue weighted by molar-refractivity contribution is -0.117. The highest BCUT2D eigenvalue weighted by molar-refractivity contribution is 6.01. The maximum atomic E-state index is 12.1. The van der Waals surface area contributed by atoms with E-state index in [1.54, 1.807) is 18.2 Å². The van der Waals surface area contributed by atoms with Gasteiger partial charge in [-0.25, -0.2) is 4.98 Å². The summed E-state index contributed by atoms with van der Waals surface area (Å²) in [6.45, 7) is 0.583. The van der Waals surface area contributed by atoms with Gasteiger partial charge in [0.05, 0.1) is 25.8 Å². The van der Waals surface area contributed by atoms with Crippen LogP contribution in [0.15, 0.2) is 42.6 Å². The van der Waals surface area contributed by atoms with Crippen molar-refractivity contribution in [1.82, 2.24) is 4.98 Å². The molecule has 1 aliphatic rings. The van der Waals surface area contributed by atoms with Gasteiger partial charge in [-0.15, -0.1) is 0 Å². The van der Waals surface area contributed by atoms with E-state index in [4.69, 9.17) is 4.74 Å². The third-order valence-corrected chi connectivity index (χ3v) is 3.29. The summed E-state index contributed by atoms with van der Waals surface area (Å²) in [7, 11) is 1.58. The van der Waals surface area contributed by atoms with Gasteiger partial charge < -0.3 is 9.64 Å². The van der Waals surface area contributed by atoms with Gasteiger partial charge >= 0.3 is 0 Å². The molecule has 1 aromatic heterocycles. The highest BCUT2D eigenvalue weighted by Gasteiger charge is 2.30. The van der Waals surface area contributed by atoms with Crippen LogP contribution in [-0.4, -0.2) is 18.0 Å². The van der Waals surface area contributed by atoms with Crippen molar-refractivity contribution in [2.24, 2.45) is 0 Å². The maximum Gasteiger partial charge on any atom is 0.232 e. The second kappa shape index (κ2) is 4.72. The van der Waals surface area contributed by atoms with E-state index < -0.39 is 0 Å². The molecule has 1 aliphatic heterocycles. The first-order chi connectivity index (χ1) is 9.29. The van der Waals surface area contributed by atoms with E-state index in [0.717, 1.165) is 16.8 Å². The van der Waals surface area contributed by atoms with Crippen LogP contribution in [0.2, 0.25) is 0 Å². The second-order valence-corrected chi connectivity index (χ2v) is 4.46. The molecule has 4 heteroatoms. The van der Waals surface area contributed by atoms with Gasteiger partial charge in [-0.1, -0.05) is 30.3 Å². The van der Waals surface area contributed by atoms with Gasteiger partial charge in [0.25, 0.3) is 0 Å². The molecule has 96 valence electrons. The molecule has 0 fully saturated rings. The lowest BCUT2D eigenvalue weighted by Crippen LogP contribution is -2.25. The first kappa shape index (κ1) is 11.7. The first-order valence-electron chi connectivity index (χ1n) is 6.16. The minimum atomic E-state index is 0.0881. The lowest BCUT2D eigenvalue weighted by atomic mass is 10.2. The predicted molar refractivity (Wildman–Crippen MR) is 72.1 cm³/mol. The maximum absolute atomic E-state index is 12.1. The Morgan fingerprint density at radius 2 is 2.05 bits per heavy atom. The zero-order valence-corrected chi connectivity index (χ0v) is 10.7. The second-order valence-electron chi connectivity index (χ2n) is 4.46. The monoisotopic (exact) mass is 254 g/mol. The van der Waals surface area contributed by atoms with Crippen LogP contribution in [0.4, 0.5) is 5.69 Å². The van der Waals surface area contributed by atoms with E-state index in [1.807, 2.05) is 36.4 Å². The summed E-state index contributed by atoms with van der Waals surface area (Å²) in [6, 6.07) is 11.8. The first-order valence-corrected chi connectivity index (χ1v) is 6.16. The molecule has 0 N–H and O–H groups in total. The molecule has 2 heterocycles. The highest BCUT2D eigenvalue weighted by Crippen LogP contribution is 2.34. The summed E-state index contributed by atoms with van der Waals surface area (Å²) < 4.78 is 5.21. The topological polar surface area (TPSA) is 42.4 Å². The van der Waals surface area contributed by atoms with Gasteiger partial charge in [-0.05, 0) is 11.6 Å². The van der Waals surface area contributed by atoms with Crippen molar-refractivity contribution in [1.29, 1.82) is 0 Å². The number of aromatic nitrogens is 1. The summed E-state index contributed by atoms with van der Waals surface area (Å²) in [5.74, 6) is 0.631. The number of anilines is 1. The van der Waals surface area contributed by atoms with Crippen LogP contribution in [0.1, 0.15) is 11.1 Å². The number of methoxy groups -OCH3 is 1. The molecule has 0 radical (unpaired) electrons. The molecule has 1 amide bonds. The summed E-state index contributed by atoms with van der Waals surface area (Å²) in [6.07, 6.45) is 2.04. The van der Waals surface area contributed by atoms with Gasteiger partial charge in [0.1, 0.15) is 0 Å². The Bertz CT molecular complexity index is 611. The molecule has 0 saturated carbocycles. The molecule has 0 saturated heterocycles. The third-order valence-electron chi connectivity index (χ3n) is 3.29. The Balaban J connectivity index is 1.95.